The van der Waals surface area contributed by atoms with E-state index in [1.807, 2.05) is 59.1 Å². The molecular weight excluding hydrogens is 803 g/mol. The van der Waals surface area contributed by atoms with Crippen LogP contribution < -0.4 is 0 Å². The van der Waals surface area contributed by atoms with Gasteiger partial charge in [0, 0.05) is 69.3 Å². The van der Waals surface area contributed by atoms with E-state index in [1.165, 1.54) is 37.4 Å². The van der Waals surface area contributed by atoms with Crippen LogP contribution >= 0.6 is 11.3 Å². The van der Waals surface area contributed by atoms with Crippen LogP contribution in [0.15, 0.2) is 77.0 Å². The molecule has 0 bridgehead atoms. The number of carbonyl (C=O) groups is 1. The van der Waals surface area contributed by atoms with Crippen molar-refractivity contribution in [3.63, 3.8) is 0 Å². The second-order valence-electron chi connectivity index (χ2n) is 14.7. The van der Waals surface area contributed by atoms with Crippen LogP contribution in [0.5, 0.6) is 0 Å². The molecule has 0 unspecified atom stereocenters. The topological polar surface area (TPSA) is 63.3 Å². The molecule has 0 aliphatic carbocycles. The molecule has 6 aromatic rings. The summed E-state index contributed by atoms with van der Waals surface area (Å²) in [4.78, 5) is 18.3. The first-order chi connectivity index (χ1) is 22.7. The zero-order valence-corrected chi connectivity index (χ0v) is 33.8. The number of pyridine rings is 1. The molecule has 0 spiro atoms. The summed E-state index contributed by atoms with van der Waals surface area (Å²) in [5, 5.41) is 16.1. The van der Waals surface area contributed by atoms with Crippen molar-refractivity contribution in [3.8, 4) is 11.3 Å². The Morgan fingerprint density at radius 2 is 1.55 bits per heavy atom. The van der Waals surface area contributed by atoms with Crippen LogP contribution in [0.1, 0.15) is 98.4 Å². The third-order valence-electron chi connectivity index (χ3n) is 10.6. The molecule has 1 N–H and O–H groups in total. The van der Waals surface area contributed by atoms with Crippen molar-refractivity contribution in [1.82, 2.24) is 4.98 Å². The first-order valence-electron chi connectivity index (χ1n) is 17.3. The largest absolute Gasteiger partial charge is 0.512 e. The molecular formula is C43H50IrNO3S-. The summed E-state index contributed by atoms with van der Waals surface area (Å²) in [7, 11) is 0. The monoisotopic (exact) mass is 853 g/mol. The number of thiophene rings is 1. The van der Waals surface area contributed by atoms with Crippen LogP contribution in [0.4, 0.5) is 0 Å². The Morgan fingerprint density at radius 3 is 2.18 bits per heavy atom. The van der Waals surface area contributed by atoms with E-state index in [2.05, 4.69) is 88.4 Å². The number of hydrogen-bond acceptors (Lipinski definition) is 5. The second-order valence-corrected chi connectivity index (χ2v) is 15.9. The van der Waals surface area contributed by atoms with E-state index in [9.17, 15) is 9.90 Å². The van der Waals surface area contributed by atoms with E-state index >= 15 is 0 Å². The Labute approximate surface area is 309 Å². The number of allylic oxidation sites excluding steroid dienone is 2. The molecule has 49 heavy (non-hydrogen) atoms. The van der Waals surface area contributed by atoms with Gasteiger partial charge in [-0.15, -0.1) is 40.5 Å². The Hall–Kier alpha value is -3.31. The Balaban J connectivity index is 0.000000260. The molecule has 4 nitrogen and oxygen atoms in total. The van der Waals surface area contributed by atoms with Gasteiger partial charge >= 0.3 is 0 Å². The number of aliphatic hydroxyl groups is 1. The molecule has 0 saturated carbocycles. The van der Waals surface area contributed by atoms with Crippen molar-refractivity contribution in [2.45, 2.75) is 100 Å². The Kier molecular flexibility index (Phi) is 11.7. The van der Waals surface area contributed by atoms with Gasteiger partial charge in [0.2, 0.25) is 0 Å². The van der Waals surface area contributed by atoms with Gasteiger partial charge in [0.25, 0.3) is 0 Å². The summed E-state index contributed by atoms with van der Waals surface area (Å²) in [5.74, 6) is 0.286. The molecule has 0 aliphatic rings. The first-order valence-corrected chi connectivity index (χ1v) is 18.1. The van der Waals surface area contributed by atoms with E-state index in [0.29, 0.717) is 0 Å². The van der Waals surface area contributed by atoms with Crippen LogP contribution in [0.3, 0.4) is 0 Å². The fourth-order valence-electron chi connectivity index (χ4n) is 6.27. The molecule has 1 radical (unpaired) electrons. The molecule has 0 atom stereocenters. The van der Waals surface area contributed by atoms with Gasteiger partial charge in [-0.2, -0.15) is 0 Å². The zero-order valence-electron chi connectivity index (χ0n) is 30.6. The number of rotatable bonds is 8. The van der Waals surface area contributed by atoms with Gasteiger partial charge in [0.15, 0.2) is 5.78 Å². The van der Waals surface area contributed by atoms with Crippen LogP contribution in [-0.4, -0.2) is 15.9 Å². The maximum absolute atomic E-state index is 12.2. The predicted molar refractivity (Wildman–Crippen MR) is 205 cm³/mol. The van der Waals surface area contributed by atoms with E-state index < -0.39 is 0 Å². The van der Waals surface area contributed by atoms with Crippen molar-refractivity contribution >= 4 is 59.9 Å². The minimum absolute atomic E-state index is 0. The average Bonchev–Trinajstić information content (AvgIpc) is 3.66. The number of aliphatic hydroxyl groups excluding tert-OH is 1. The van der Waals surface area contributed by atoms with Crippen molar-refractivity contribution in [1.29, 1.82) is 0 Å². The summed E-state index contributed by atoms with van der Waals surface area (Å²) < 4.78 is 7.70. The van der Waals surface area contributed by atoms with Gasteiger partial charge in [-0.25, -0.2) is 0 Å². The molecule has 3 heterocycles. The second kappa shape index (κ2) is 14.9. The Morgan fingerprint density at radius 1 is 0.898 bits per heavy atom. The number of ketones is 1. The van der Waals surface area contributed by atoms with Gasteiger partial charge in [-0.1, -0.05) is 91.5 Å². The van der Waals surface area contributed by atoms with Gasteiger partial charge in [-0.3, -0.25) is 9.78 Å². The van der Waals surface area contributed by atoms with Crippen molar-refractivity contribution in [2.75, 3.05) is 0 Å². The molecule has 3 aromatic heterocycles. The van der Waals surface area contributed by atoms with E-state index in [-0.39, 0.29) is 47.9 Å². The van der Waals surface area contributed by atoms with Crippen LogP contribution in [0, 0.1) is 23.8 Å². The maximum Gasteiger partial charge on any atom is 0.164 e. The number of furan rings is 1. The number of nitrogens with zero attached hydrogens (tertiary/aromatic N) is 1. The van der Waals surface area contributed by atoms with Crippen LogP contribution in [-0.2, 0) is 30.3 Å². The van der Waals surface area contributed by atoms with Gasteiger partial charge in [-0.05, 0) is 67.7 Å². The number of aryl methyl sites for hydroxylation is 1. The molecule has 0 fully saturated rings. The number of carbonyl (C=O) groups excluding carboxylic acids is 1. The average molecular weight is 853 g/mol. The normalized spacial score (nSPS) is 12.7. The van der Waals surface area contributed by atoms with E-state index in [0.717, 1.165) is 58.9 Å². The SMILES string of the molecule is CCC(C)(CC)C(=O)/C=C(\O)C(C)(CC)CC.Cc1cc2ccc3oc4c(-c5[c-]c6ccccc6c(C(C)(C)C)c5)nccc4c3c2s1.[Ir]. The molecule has 0 saturated heterocycles. The molecule has 0 amide bonds. The van der Waals surface area contributed by atoms with Crippen LogP contribution in [0.2, 0.25) is 0 Å². The minimum Gasteiger partial charge on any atom is -0.512 e. The third-order valence-corrected chi connectivity index (χ3v) is 11.7. The molecule has 0 aliphatic heterocycles. The number of aromatic nitrogens is 1. The summed E-state index contributed by atoms with van der Waals surface area (Å²) in [6.45, 7) is 21.0. The first kappa shape index (κ1) is 38.5. The molecule has 261 valence electrons. The number of benzene rings is 3. The molecule has 6 rings (SSSR count). The summed E-state index contributed by atoms with van der Waals surface area (Å²) in [6, 6.07) is 22.9. The quantitative estimate of drug-likeness (QED) is 0.0941. The van der Waals surface area contributed by atoms with Crippen LogP contribution in [0.25, 0.3) is 54.1 Å². The van der Waals surface area contributed by atoms with Crippen molar-refractivity contribution in [2.24, 2.45) is 10.8 Å². The zero-order chi connectivity index (χ0) is 35.0. The number of hydrogen-bond donors (Lipinski definition) is 1. The standard InChI is InChI=1S/C28H22NOS.C15H28O2.Ir/c1-16-13-18-9-10-23-24(27(18)31-16)21-11-12-29-25(26(21)30-23)19-14-17-7-5-6-8-20(17)22(15-19)28(2,3)4;1-7-14(5,8-2)12(16)11-13(17)15(6,9-3)10-4;/h5-13,15H,1-4H3;11,16H,7-10H2,1-6H3;/q-1;;/b;12-11-;. The smallest absolute Gasteiger partial charge is 0.164 e. The van der Waals surface area contributed by atoms with Crippen molar-refractivity contribution < 1.29 is 34.4 Å². The predicted octanol–water partition coefficient (Wildman–Crippen LogP) is 13.1. The summed E-state index contributed by atoms with van der Waals surface area (Å²) in [6.07, 6.45) is 6.65. The Bertz CT molecular complexity index is 2140. The molecule has 3 aromatic carbocycles. The number of fused-ring (bicyclic) bond motifs is 6. The fourth-order valence-corrected chi connectivity index (χ4v) is 7.33. The molecule has 6 heteroatoms. The maximum atomic E-state index is 12.2. The third kappa shape index (κ3) is 7.43. The van der Waals surface area contributed by atoms with Gasteiger partial charge < -0.3 is 9.52 Å². The van der Waals surface area contributed by atoms with Crippen molar-refractivity contribution in [3.05, 3.63) is 89.1 Å². The van der Waals surface area contributed by atoms with E-state index in [1.54, 1.807) is 0 Å². The van der Waals surface area contributed by atoms with Gasteiger partial charge in [0.1, 0.15) is 16.9 Å². The van der Waals surface area contributed by atoms with Gasteiger partial charge in [0.05, 0.1) is 0 Å². The minimum atomic E-state index is -0.337. The summed E-state index contributed by atoms with van der Waals surface area (Å²) >= 11 is 1.82. The summed E-state index contributed by atoms with van der Waals surface area (Å²) in [5.41, 5.74) is 4.28. The fraction of sp³-hybridized carbons (Fsp3) is 0.395. The van der Waals surface area contributed by atoms with E-state index in [4.69, 9.17) is 9.40 Å².